The summed E-state index contributed by atoms with van der Waals surface area (Å²) in [6.07, 6.45) is 0. The number of nitro benzene ring substituents is 1. The molecule has 0 amide bonds. The summed E-state index contributed by atoms with van der Waals surface area (Å²) in [5, 5.41) is 31.6. The molecule has 0 radical (unpaired) electrons. The van der Waals surface area contributed by atoms with Crippen LogP contribution in [0.15, 0.2) is 18.2 Å². The molecule has 0 N–H and O–H groups in total. The van der Waals surface area contributed by atoms with Gasteiger partial charge in [-0.1, -0.05) is 6.07 Å². The highest BCUT2D eigenvalue weighted by Crippen LogP contribution is 2.24. The summed E-state index contributed by atoms with van der Waals surface area (Å²) >= 11 is 0. The zero-order valence-electron chi connectivity index (χ0n) is 10.0. The van der Waals surface area contributed by atoms with Gasteiger partial charge in [-0.05, 0) is 18.1 Å². The zero-order valence-corrected chi connectivity index (χ0v) is 10.0. The number of non-ortho nitro benzene ring substituents is 1. The van der Waals surface area contributed by atoms with Gasteiger partial charge in [0.25, 0.3) is 5.69 Å². The van der Waals surface area contributed by atoms with Crippen LogP contribution in [0.5, 0.6) is 0 Å². The molecule has 9 heteroatoms. The summed E-state index contributed by atoms with van der Waals surface area (Å²) in [5.41, 5.74) is 0.670. The topological polar surface area (TPSA) is 129 Å². The molecule has 0 heterocycles. The normalized spacial score (nSPS) is 10.4. The molecular weight excluding hydrogens is 258 g/mol. The lowest BCUT2D eigenvalue weighted by atomic mass is 9.94. The molecule has 102 valence electrons. The fourth-order valence-electron chi connectivity index (χ4n) is 1.85. The van der Waals surface area contributed by atoms with Crippen LogP contribution in [-0.4, -0.2) is 27.9 Å². The number of benzene rings is 1. The molecule has 0 atom stereocenters. The van der Waals surface area contributed by atoms with Crippen LogP contribution < -0.4 is 0 Å². The van der Waals surface area contributed by atoms with Gasteiger partial charge in [0.15, 0.2) is 0 Å². The van der Waals surface area contributed by atoms with E-state index in [1.165, 1.54) is 25.1 Å². The van der Waals surface area contributed by atoms with Gasteiger partial charge in [-0.2, -0.15) is 0 Å². The summed E-state index contributed by atoms with van der Waals surface area (Å²) < 4.78 is 0. The maximum absolute atomic E-state index is 10.6. The lowest BCUT2D eigenvalue weighted by Gasteiger charge is -2.11. The molecule has 1 rings (SSSR count). The molecule has 19 heavy (non-hydrogen) atoms. The first-order valence-corrected chi connectivity index (χ1v) is 5.29. The highest BCUT2D eigenvalue weighted by atomic mass is 16.6. The standard InChI is InChI=1S/C10H11N3O6/c1-7-4-9(13(18)19)2-3-10(7)8(5-11(14)15)6-12(16)17/h2-4,8H,5-6H2,1H3. The molecule has 0 aromatic heterocycles. The molecule has 0 aliphatic heterocycles. The number of nitro groups is 3. The largest absolute Gasteiger partial charge is 0.269 e. The van der Waals surface area contributed by atoms with Crippen molar-refractivity contribution in [2.45, 2.75) is 12.8 Å². The lowest BCUT2D eigenvalue weighted by molar-refractivity contribution is -0.516. The number of nitrogens with zero attached hydrogens (tertiary/aromatic N) is 3. The minimum absolute atomic E-state index is 0.151. The molecule has 0 aliphatic carbocycles. The predicted octanol–water partition coefficient (Wildman–Crippen LogP) is 1.54. The SMILES string of the molecule is Cc1cc([N+](=O)[O-])ccc1C(C[N+](=O)[O-])C[N+](=O)[O-]. The van der Waals surface area contributed by atoms with Gasteiger partial charge >= 0.3 is 0 Å². The first-order chi connectivity index (χ1) is 8.81. The van der Waals surface area contributed by atoms with Crippen LogP contribution in [0.4, 0.5) is 5.69 Å². The first-order valence-electron chi connectivity index (χ1n) is 5.29. The second-order valence-electron chi connectivity index (χ2n) is 4.03. The summed E-state index contributed by atoms with van der Waals surface area (Å²) in [6.45, 7) is 0.370. The molecule has 0 unspecified atom stereocenters. The second kappa shape index (κ2) is 5.85. The van der Waals surface area contributed by atoms with Crippen molar-refractivity contribution in [2.75, 3.05) is 13.1 Å². The van der Waals surface area contributed by atoms with Crippen molar-refractivity contribution in [2.24, 2.45) is 0 Å². The van der Waals surface area contributed by atoms with Gasteiger partial charge in [0, 0.05) is 22.0 Å². The van der Waals surface area contributed by atoms with E-state index in [-0.39, 0.29) is 5.69 Å². The minimum Gasteiger partial charge on any atom is -0.265 e. The molecular formula is C10H11N3O6. The Bertz CT molecular complexity index is 514. The fourth-order valence-corrected chi connectivity index (χ4v) is 1.85. The number of hydrogen-bond acceptors (Lipinski definition) is 6. The smallest absolute Gasteiger partial charge is 0.265 e. The van der Waals surface area contributed by atoms with Crippen molar-refractivity contribution < 1.29 is 14.8 Å². The van der Waals surface area contributed by atoms with Crippen molar-refractivity contribution >= 4 is 5.69 Å². The Labute approximate surface area is 107 Å². The lowest BCUT2D eigenvalue weighted by Crippen LogP contribution is -2.21. The maximum atomic E-state index is 10.6. The van der Waals surface area contributed by atoms with Crippen LogP contribution in [0, 0.1) is 37.3 Å². The van der Waals surface area contributed by atoms with Crippen molar-refractivity contribution in [3.05, 3.63) is 59.7 Å². The molecule has 0 spiro atoms. The van der Waals surface area contributed by atoms with Gasteiger partial charge < -0.3 is 0 Å². The summed E-state index contributed by atoms with van der Waals surface area (Å²) in [6, 6.07) is 3.78. The molecule has 1 aromatic carbocycles. The van der Waals surface area contributed by atoms with E-state index in [0.717, 1.165) is 0 Å². The molecule has 1 aromatic rings. The second-order valence-corrected chi connectivity index (χ2v) is 4.03. The molecule has 0 aliphatic rings. The van der Waals surface area contributed by atoms with Crippen LogP contribution in [-0.2, 0) is 0 Å². The van der Waals surface area contributed by atoms with Crippen LogP contribution >= 0.6 is 0 Å². The third kappa shape index (κ3) is 3.98. The van der Waals surface area contributed by atoms with Crippen LogP contribution in [0.3, 0.4) is 0 Å². The van der Waals surface area contributed by atoms with E-state index < -0.39 is 33.8 Å². The molecule has 0 bridgehead atoms. The number of aryl methyl sites for hydroxylation is 1. The number of hydrogen-bond donors (Lipinski definition) is 0. The Kier molecular flexibility index (Phi) is 4.46. The van der Waals surface area contributed by atoms with Crippen molar-refractivity contribution in [1.29, 1.82) is 0 Å². The van der Waals surface area contributed by atoms with Crippen molar-refractivity contribution in [3.8, 4) is 0 Å². The van der Waals surface area contributed by atoms with Gasteiger partial charge in [-0.3, -0.25) is 30.3 Å². The third-order valence-corrected chi connectivity index (χ3v) is 2.64. The summed E-state index contributed by atoms with van der Waals surface area (Å²) in [4.78, 5) is 29.8. The Morgan fingerprint density at radius 3 is 1.95 bits per heavy atom. The van der Waals surface area contributed by atoms with E-state index in [0.29, 0.717) is 11.1 Å². The van der Waals surface area contributed by atoms with Gasteiger partial charge in [0.05, 0.1) is 4.92 Å². The van der Waals surface area contributed by atoms with E-state index in [1.54, 1.807) is 0 Å². The van der Waals surface area contributed by atoms with E-state index in [2.05, 4.69) is 0 Å². The molecule has 9 nitrogen and oxygen atoms in total. The number of rotatable bonds is 6. The van der Waals surface area contributed by atoms with E-state index >= 15 is 0 Å². The Morgan fingerprint density at radius 1 is 1.05 bits per heavy atom. The van der Waals surface area contributed by atoms with E-state index in [9.17, 15) is 30.3 Å². The zero-order chi connectivity index (χ0) is 14.6. The van der Waals surface area contributed by atoms with Crippen molar-refractivity contribution in [3.63, 3.8) is 0 Å². The van der Waals surface area contributed by atoms with E-state index in [4.69, 9.17) is 0 Å². The monoisotopic (exact) mass is 269 g/mol. The predicted molar refractivity (Wildman–Crippen MR) is 64.3 cm³/mol. The molecule has 0 saturated carbocycles. The van der Waals surface area contributed by atoms with Crippen molar-refractivity contribution in [1.82, 2.24) is 0 Å². The van der Waals surface area contributed by atoms with Gasteiger partial charge in [-0.25, -0.2) is 0 Å². The molecule has 0 fully saturated rings. The average Bonchev–Trinajstić information content (AvgIpc) is 2.26. The third-order valence-electron chi connectivity index (χ3n) is 2.64. The van der Waals surface area contributed by atoms with Crippen LogP contribution in [0.25, 0.3) is 0 Å². The Hall–Kier alpha value is -2.58. The Balaban J connectivity index is 3.11. The average molecular weight is 269 g/mol. The highest BCUT2D eigenvalue weighted by Gasteiger charge is 2.26. The van der Waals surface area contributed by atoms with Crippen LogP contribution in [0.1, 0.15) is 17.0 Å². The summed E-state index contributed by atoms with van der Waals surface area (Å²) in [5.74, 6) is -0.897. The highest BCUT2D eigenvalue weighted by molar-refractivity contribution is 5.40. The fraction of sp³-hybridized carbons (Fsp3) is 0.400. The first kappa shape index (κ1) is 14.5. The maximum Gasteiger partial charge on any atom is 0.269 e. The Morgan fingerprint density at radius 2 is 1.58 bits per heavy atom. The van der Waals surface area contributed by atoms with E-state index in [1.807, 2.05) is 0 Å². The van der Waals surface area contributed by atoms with Gasteiger partial charge in [-0.15, -0.1) is 0 Å². The minimum atomic E-state index is -0.897. The quantitative estimate of drug-likeness (QED) is 0.568. The van der Waals surface area contributed by atoms with Crippen LogP contribution in [0.2, 0.25) is 0 Å². The van der Waals surface area contributed by atoms with Gasteiger partial charge in [0.2, 0.25) is 13.1 Å². The van der Waals surface area contributed by atoms with Gasteiger partial charge in [0.1, 0.15) is 5.92 Å². The molecule has 0 saturated heterocycles. The summed E-state index contributed by atoms with van der Waals surface area (Å²) in [7, 11) is 0.